The van der Waals surface area contributed by atoms with Crippen LogP contribution in [0.4, 0.5) is 5.69 Å². The Labute approximate surface area is 193 Å². The summed E-state index contributed by atoms with van der Waals surface area (Å²) in [7, 11) is 3.08. The first-order chi connectivity index (χ1) is 16.0. The Hall–Kier alpha value is -3.55. The third-order valence-electron chi connectivity index (χ3n) is 6.38. The minimum absolute atomic E-state index is 0.0228. The van der Waals surface area contributed by atoms with Crippen LogP contribution in [0, 0.1) is 5.92 Å². The first-order valence-corrected chi connectivity index (χ1v) is 11.2. The summed E-state index contributed by atoms with van der Waals surface area (Å²) in [6.07, 6.45) is 1.49. The number of ether oxygens (including phenoxy) is 2. The standard InChI is InChI=1S/C25H29N3O5/c1-32-19-8-9-20(22(16-19)33-2)25(31)28-13-11-27(12-14-28)23(29)10-7-18-15-17-5-3-4-6-21(17)26-24(18)30/h3-6,8-9,16,18H,7,10-15H2,1-2H3,(H,26,30). The van der Waals surface area contributed by atoms with E-state index in [9.17, 15) is 14.4 Å². The molecule has 0 radical (unpaired) electrons. The molecule has 4 rings (SSSR count). The van der Waals surface area contributed by atoms with Gasteiger partial charge in [0.1, 0.15) is 11.5 Å². The van der Waals surface area contributed by atoms with Gasteiger partial charge in [-0.15, -0.1) is 0 Å². The highest BCUT2D eigenvalue weighted by molar-refractivity contribution is 5.97. The molecule has 2 aromatic carbocycles. The molecule has 2 aliphatic heterocycles. The van der Waals surface area contributed by atoms with Crippen molar-refractivity contribution < 1.29 is 23.9 Å². The van der Waals surface area contributed by atoms with E-state index in [0.29, 0.717) is 62.5 Å². The molecular formula is C25H29N3O5. The number of anilines is 1. The zero-order chi connectivity index (χ0) is 23.4. The zero-order valence-electron chi connectivity index (χ0n) is 19.0. The number of rotatable bonds is 6. The normalized spacial score (nSPS) is 17.8. The van der Waals surface area contributed by atoms with Gasteiger partial charge in [0.25, 0.3) is 5.91 Å². The summed E-state index contributed by atoms with van der Waals surface area (Å²) in [5, 5.41) is 2.94. The average Bonchev–Trinajstić information content (AvgIpc) is 2.86. The van der Waals surface area contributed by atoms with Crippen LogP contribution in [0.1, 0.15) is 28.8 Å². The van der Waals surface area contributed by atoms with Crippen LogP contribution in [-0.2, 0) is 16.0 Å². The van der Waals surface area contributed by atoms with Crippen LogP contribution in [0.15, 0.2) is 42.5 Å². The van der Waals surface area contributed by atoms with Crippen molar-refractivity contribution in [3.05, 3.63) is 53.6 Å². The summed E-state index contributed by atoms with van der Waals surface area (Å²) < 4.78 is 10.5. The largest absolute Gasteiger partial charge is 0.497 e. The van der Waals surface area contributed by atoms with Gasteiger partial charge in [0.05, 0.1) is 19.8 Å². The van der Waals surface area contributed by atoms with E-state index in [2.05, 4.69) is 5.32 Å². The van der Waals surface area contributed by atoms with Crippen molar-refractivity contribution in [2.24, 2.45) is 5.92 Å². The number of fused-ring (bicyclic) bond motifs is 1. The molecule has 1 unspecified atom stereocenters. The van der Waals surface area contributed by atoms with Crippen LogP contribution in [0.3, 0.4) is 0 Å². The number of nitrogens with one attached hydrogen (secondary N) is 1. The molecule has 0 spiro atoms. The lowest BCUT2D eigenvalue weighted by molar-refractivity contribution is -0.133. The summed E-state index contributed by atoms with van der Waals surface area (Å²) in [5.74, 6) is 0.758. The minimum atomic E-state index is -0.200. The van der Waals surface area contributed by atoms with Crippen LogP contribution in [-0.4, -0.2) is 67.9 Å². The van der Waals surface area contributed by atoms with Gasteiger partial charge in [-0.2, -0.15) is 0 Å². The van der Waals surface area contributed by atoms with Crippen molar-refractivity contribution >= 4 is 23.4 Å². The van der Waals surface area contributed by atoms with Crippen LogP contribution < -0.4 is 14.8 Å². The zero-order valence-corrected chi connectivity index (χ0v) is 19.0. The van der Waals surface area contributed by atoms with Crippen molar-refractivity contribution in [2.45, 2.75) is 19.3 Å². The highest BCUT2D eigenvalue weighted by atomic mass is 16.5. The van der Waals surface area contributed by atoms with Gasteiger partial charge >= 0.3 is 0 Å². The predicted octanol–water partition coefficient (Wildman–Crippen LogP) is 2.58. The second-order valence-electron chi connectivity index (χ2n) is 8.33. The summed E-state index contributed by atoms with van der Waals surface area (Å²) in [5.41, 5.74) is 2.44. The molecule has 2 aromatic rings. The van der Waals surface area contributed by atoms with Gasteiger partial charge in [0.2, 0.25) is 11.8 Å². The average molecular weight is 452 g/mol. The smallest absolute Gasteiger partial charge is 0.257 e. The number of nitrogens with zero attached hydrogens (tertiary/aromatic N) is 2. The maximum Gasteiger partial charge on any atom is 0.257 e. The van der Waals surface area contributed by atoms with E-state index in [4.69, 9.17) is 9.47 Å². The fourth-order valence-electron chi connectivity index (χ4n) is 4.41. The quantitative estimate of drug-likeness (QED) is 0.729. The molecule has 0 saturated carbocycles. The van der Waals surface area contributed by atoms with Gasteiger partial charge in [-0.05, 0) is 36.6 Å². The lowest BCUT2D eigenvalue weighted by Crippen LogP contribution is -2.50. The van der Waals surface area contributed by atoms with E-state index in [1.807, 2.05) is 24.3 Å². The molecule has 0 aliphatic carbocycles. The SMILES string of the molecule is COc1ccc(C(=O)N2CCN(C(=O)CCC3Cc4ccccc4NC3=O)CC2)c(OC)c1. The number of benzene rings is 2. The van der Waals surface area contributed by atoms with Gasteiger partial charge in [0.15, 0.2) is 0 Å². The fraction of sp³-hybridized carbons (Fsp3) is 0.400. The van der Waals surface area contributed by atoms with Crippen LogP contribution in [0.2, 0.25) is 0 Å². The Kier molecular flexibility index (Phi) is 6.82. The molecule has 174 valence electrons. The van der Waals surface area contributed by atoms with E-state index < -0.39 is 0 Å². The lowest BCUT2D eigenvalue weighted by Gasteiger charge is -2.35. The van der Waals surface area contributed by atoms with Gasteiger partial charge in [-0.1, -0.05) is 18.2 Å². The van der Waals surface area contributed by atoms with Crippen LogP contribution in [0.25, 0.3) is 0 Å². The number of methoxy groups -OCH3 is 2. The number of amides is 3. The second kappa shape index (κ2) is 9.94. The van der Waals surface area contributed by atoms with Gasteiger partial charge < -0.3 is 24.6 Å². The molecule has 0 aromatic heterocycles. The molecule has 2 heterocycles. The number of piperazine rings is 1. The Morgan fingerprint density at radius 2 is 1.73 bits per heavy atom. The third-order valence-corrected chi connectivity index (χ3v) is 6.38. The van der Waals surface area contributed by atoms with Crippen molar-refractivity contribution in [1.82, 2.24) is 9.80 Å². The topological polar surface area (TPSA) is 88.2 Å². The van der Waals surface area contributed by atoms with E-state index in [1.165, 1.54) is 7.11 Å². The fourth-order valence-corrected chi connectivity index (χ4v) is 4.41. The summed E-state index contributed by atoms with van der Waals surface area (Å²) in [6, 6.07) is 12.9. The number of carbonyl (C=O) groups is 3. The molecule has 1 saturated heterocycles. The van der Waals surface area contributed by atoms with E-state index in [0.717, 1.165) is 11.3 Å². The van der Waals surface area contributed by atoms with E-state index in [1.54, 1.807) is 35.1 Å². The molecule has 1 fully saturated rings. The second-order valence-corrected chi connectivity index (χ2v) is 8.33. The number of hydrogen-bond acceptors (Lipinski definition) is 5. The Balaban J connectivity index is 1.29. The van der Waals surface area contributed by atoms with Crippen molar-refractivity contribution in [2.75, 3.05) is 45.7 Å². The Morgan fingerprint density at radius 1 is 1.00 bits per heavy atom. The Bertz CT molecular complexity index is 1050. The molecule has 1 atom stereocenters. The van der Waals surface area contributed by atoms with Gasteiger partial charge in [-0.3, -0.25) is 14.4 Å². The third kappa shape index (κ3) is 4.94. The number of carbonyl (C=O) groups excluding carboxylic acids is 3. The first-order valence-electron chi connectivity index (χ1n) is 11.2. The number of hydrogen-bond donors (Lipinski definition) is 1. The Morgan fingerprint density at radius 3 is 2.45 bits per heavy atom. The van der Waals surface area contributed by atoms with Crippen LogP contribution >= 0.6 is 0 Å². The lowest BCUT2D eigenvalue weighted by atomic mass is 9.89. The molecule has 33 heavy (non-hydrogen) atoms. The highest BCUT2D eigenvalue weighted by Crippen LogP contribution is 2.28. The number of para-hydroxylation sites is 1. The molecule has 3 amide bonds. The summed E-state index contributed by atoms with van der Waals surface area (Å²) >= 11 is 0. The van der Waals surface area contributed by atoms with Crippen molar-refractivity contribution in [3.63, 3.8) is 0 Å². The van der Waals surface area contributed by atoms with Crippen molar-refractivity contribution in [3.8, 4) is 11.5 Å². The highest BCUT2D eigenvalue weighted by Gasteiger charge is 2.29. The van der Waals surface area contributed by atoms with Crippen molar-refractivity contribution in [1.29, 1.82) is 0 Å². The maximum absolute atomic E-state index is 13.0. The molecular weight excluding hydrogens is 422 g/mol. The molecule has 8 nitrogen and oxygen atoms in total. The minimum Gasteiger partial charge on any atom is -0.497 e. The monoisotopic (exact) mass is 451 g/mol. The summed E-state index contributed by atoms with van der Waals surface area (Å²) in [4.78, 5) is 41.7. The van der Waals surface area contributed by atoms with Gasteiger partial charge in [-0.25, -0.2) is 0 Å². The van der Waals surface area contributed by atoms with Crippen LogP contribution in [0.5, 0.6) is 11.5 Å². The maximum atomic E-state index is 13.0. The van der Waals surface area contributed by atoms with E-state index >= 15 is 0 Å². The molecule has 1 N–H and O–H groups in total. The first kappa shape index (κ1) is 22.6. The van der Waals surface area contributed by atoms with E-state index in [-0.39, 0.29) is 23.6 Å². The molecule has 8 heteroatoms. The summed E-state index contributed by atoms with van der Waals surface area (Å²) in [6.45, 7) is 1.86. The molecule has 2 aliphatic rings. The predicted molar refractivity (Wildman–Crippen MR) is 124 cm³/mol. The molecule has 0 bridgehead atoms. The van der Waals surface area contributed by atoms with Gasteiger partial charge in [0, 0.05) is 50.3 Å².